The largest absolute Gasteiger partial charge is 0.378 e. The standard InChI is InChI=1S/C22H32N4O/c1-17-14-25(15-18-9-7-6-8-10-18)11-12-26(17)20-13-19(16-27-5)23-21(24-20)22(2,3)4/h6-10,13,17H,11-12,14-16H2,1-5H3/t17-/m0/s1. The fourth-order valence-corrected chi connectivity index (χ4v) is 3.55. The highest BCUT2D eigenvalue weighted by molar-refractivity contribution is 5.42. The van der Waals surface area contributed by atoms with E-state index in [2.05, 4.69) is 73.9 Å². The Labute approximate surface area is 163 Å². The number of rotatable bonds is 5. The number of methoxy groups -OCH3 is 1. The van der Waals surface area contributed by atoms with Gasteiger partial charge in [-0.25, -0.2) is 9.97 Å². The van der Waals surface area contributed by atoms with Crippen molar-refractivity contribution in [1.29, 1.82) is 0 Å². The monoisotopic (exact) mass is 368 g/mol. The molecule has 1 aromatic heterocycles. The summed E-state index contributed by atoms with van der Waals surface area (Å²) in [6.07, 6.45) is 0. The lowest BCUT2D eigenvalue weighted by atomic mass is 9.95. The quantitative estimate of drug-likeness (QED) is 0.806. The third kappa shape index (κ3) is 5.05. The number of benzene rings is 1. The number of hydrogen-bond acceptors (Lipinski definition) is 5. The van der Waals surface area contributed by atoms with Gasteiger partial charge in [-0.15, -0.1) is 0 Å². The van der Waals surface area contributed by atoms with Crippen LogP contribution in [0, 0.1) is 0 Å². The average Bonchev–Trinajstić information content (AvgIpc) is 2.62. The second kappa shape index (κ2) is 8.36. The Morgan fingerprint density at radius 2 is 1.85 bits per heavy atom. The summed E-state index contributed by atoms with van der Waals surface area (Å²) in [4.78, 5) is 14.6. The SMILES string of the molecule is COCc1cc(N2CCN(Cc3ccccc3)C[C@@H]2C)nc(C(C)(C)C)n1. The van der Waals surface area contributed by atoms with Crippen molar-refractivity contribution in [3.05, 3.63) is 53.5 Å². The molecule has 146 valence electrons. The summed E-state index contributed by atoms with van der Waals surface area (Å²) < 4.78 is 5.33. The molecule has 1 aliphatic heterocycles. The lowest BCUT2D eigenvalue weighted by Gasteiger charge is -2.41. The fourth-order valence-electron chi connectivity index (χ4n) is 3.55. The maximum absolute atomic E-state index is 5.33. The van der Waals surface area contributed by atoms with E-state index in [4.69, 9.17) is 14.7 Å². The van der Waals surface area contributed by atoms with Crippen LogP contribution < -0.4 is 4.90 Å². The minimum atomic E-state index is -0.0864. The Balaban J connectivity index is 1.76. The van der Waals surface area contributed by atoms with Crippen molar-refractivity contribution in [3.8, 4) is 0 Å². The van der Waals surface area contributed by atoms with E-state index in [9.17, 15) is 0 Å². The Kier molecular flexibility index (Phi) is 6.12. The van der Waals surface area contributed by atoms with E-state index in [1.54, 1.807) is 7.11 Å². The first-order valence-corrected chi connectivity index (χ1v) is 9.77. The molecule has 2 aromatic rings. The molecule has 0 aliphatic carbocycles. The molecular formula is C22H32N4O. The molecule has 0 amide bonds. The van der Waals surface area contributed by atoms with Crippen molar-refractivity contribution >= 4 is 5.82 Å². The number of nitrogens with zero attached hydrogens (tertiary/aromatic N) is 4. The number of aromatic nitrogens is 2. The van der Waals surface area contributed by atoms with E-state index in [0.29, 0.717) is 12.6 Å². The highest BCUT2D eigenvalue weighted by atomic mass is 16.5. The van der Waals surface area contributed by atoms with Crippen LogP contribution in [-0.2, 0) is 23.3 Å². The number of ether oxygens (including phenoxy) is 1. The molecular weight excluding hydrogens is 336 g/mol. The van der Waals surface area contributed by atoms with Gasteiger partial charge in [0.1, 0.15) is 11.6 Å². The number of hydrogen-bond donors (Lipinski definition) is 0. The van der Waals surface area contributed by atoms with Gasteiger partial charge >= 0.3 is 0 Å². The van der Waals surface area contributed by atoms with Gasteiger partial charge in [-0.3, -0.25) is 4.90 Å². The zero-order valence-electron chi connectivity index (χ0n) is 17.3. The molecule has 0 N–H and O–H groups in total. The highest BCUT2D eigenvalue weighted by Crippen LogP contribution is 2.25. The molecule has 0 saturated carbocycles. The van der Waals surface area contributed by atoms with E-state index in [1.807, 2.05) is 0 Å². The van der Waals surface area contributed by atoms with Crippen LogP contribution in [-0.4, -0.2) is 47.7 Å². The predicted octanol–water partition coefficient (Wildman–Crippen LogP) is 3.63. The van der Waals surface area contributed by atoms with Crippen molar-refractivity contribution in [1.82, 2.24) is 14.9 Å². The van der Waals surface area contributed by atoms with Crippen LogP contribution in [0.3, 0.4) is 0 Å². The van der Waals surface area contributed by atoms with Crippen LogP contribution in [0.4, 0.5) is 5.82 Å². The number of piperazine rings is 1. The first-order chi connectivity index (χ1) is 12.9. The maximum Gasteiger partial charge on any atom is 0.136 e. The maximum atomic E-state index is 5.33. The molecule has 2 heterocycles. The van der Waals surface area contributed by atoms with Gasteiger partial charge in [0, 0.05) is 50.8 Å². The van der Waals surface area contributed by atoms with E-state index in [-0.39, 0.29) is 5.41 Å². The molecule has 3 rings (SSSR count). The molecule has 1 aromatic carbocycles. The van der Waals surface area contributed by atoms with E-state index in [1.165, 1.54) is 5.56 Å². The minimum absolute atomic E-state index is 0.0864. The Bertz CT molecular complexity index is 742. The molecule has 1 aliphatic rings. The van der Waals surface area contributed by atoms with Crippen molar-refractivity contribution in [2.75, 3.05) is 31.6 Å². The van der Waals surface area contributed by atoms with E-state index < -0.39 is 0 Å². The van der Waals surface area contributed by atoms with Crippen molar-refractivity contribution < 1.29 is 4.74 Å². The Hall–Kier alpha value is -1.98. The predicted molar refractivity (Wildman–Crippen MR) is 110 cm³/mol. The van der Waals surface area contributed by atoms with Gasteiger partial charge in [0.25, 0.3) is 0 Å². The van der Waals surface area contributed by atoms with Crippen molar-refractivity contribution in [2.45, 2.75) is 52.3 Å². The highest BCUT2D eigenvalue weighted by Gasteiger charge is 2.27. The van der Waals surface area contributed by atoms with Gasteiger partial charge in [-0.05, 0) is 12.5 Å². The first-order valence-electron chi connectivity index (χ1n) is 9.77. The van der Waals surface area contributed by atoms with Gasteiger partial charge in [0.2, 0.25) is 0 Å². The summed E-state index contributed by atoms with van der Waals surface area (Å²) in [7, 11) is 1.71. The summed E-state index contributed by atoms with van der Waals surface area (Å²) >= 11 is 0. The Morgan fingerprint density at radius 3 is 2.48 bits per heavy atom. The van der Waals surface area contributed by atoms with Crippen LogP contribution in [0.1, 0.15) is 44.8 Å². The lowest BCUT2D eigenvalue weighted by molar-refractivity contribution is 0.180. The molecule has 5 heteroatoms. The van der Waals surface area contributed by atoms with Crippen LogP contribution in [0.15, 0.2) is 36.4 Å². The van der Waals surface area contributed by atoms with Crippen LogP contribution in [0.2, 0.25) is 0 Å². The summed E-state index contributed by atoms with van der Waals surface area (Å²) in [5.74, 6) is 1.90. The number of anilines is 1. The molecule has 1 atom stereocenters. The van der Waals surface area contributed by atoms with Gasteiger partial charge < -0.3 is 9.64 Å². The van der Waals surface area contributed by atoms with E-state index >= 15 is 0 Å². The summed E-state index contributed by atoms with van der Waals surface area (Å²) in [5.41, 5.74) is 2.24. The molecule has 27 heavy (non-hydrogen) atoms. The normalized spacial score (nSPS) is 18.7. The Morgan fingerprint density at radius 1 is 1.11 bits per heavy atom. The molecule has 0 bridgehead atoms. The smallest absolute Gasteiger partial charge is 0.136 e. The lowest BCUT2D eigenvalue weighted by Crippen LogP contribution is -2.52. The average molecular weight is 369 g/mol. The topological polar surface area (TPSA) is 41.5 Å². The van der Waals surface area contributed by atoms with Gasteiger partial charge in [-0.2, -0.15) is 0 Å². The van der Waals surface area contributed by atoms with Crippen LogP contribution in [0.5, 0.6) is 0 Å². The van der Waals surface area contributed by atoms with Gasteiger partial charge in [0.05, 0.1) is 12.3 Å². The molecule has 0 spiro atoms. The zero-order chi connectivity index (χ0) is 19.4. The molecule has 0 radical (unpaired) electrons. The second-order valence-corrected chi connectivity index (χ2v) is 8.49. The van der Waals surface area contributed by atoms with Crippen molar-refractivity contribution in [3.63, 3.8) is 0 Å². The third-order valence-electron chi connectivity index (χ3n) is 4.98. The molecule has 1 fully saturated rings. The minimum Gasteiger partial charge on any atom is -0.378 e. The molecule has 0 unspecified atom stereocenters. The van der Waals surface area contributed by atoms with Crippen molar-refractivity contribution in [2.24, 2.45) is 0 Å². The van der Waals surface area contributed by atoms with Gasteiger partial charge in [-0.1, -0.05) is 51.1 Å². The first kappa shape index (κ1) is 19.8. The zero-order valence-corrected chi connectivity index (χ0v) is 17.3. The molecule has 5 nitrogen and oxygen atoms in total. The second-order valence-electron chi connectivity index (χ2n) is 8.49. The summed E-state index contributed by atoms with van der Waals surface area (Å²) in [6.45, 7) is 13.3. The van der Waals surface area contributed by atoms with Gasteiger partial charge in [0.15, 0.2) is 0 Å². The molecule has 1 saturated heterocycles. The van der Waals surface area contributed by atoms with Crippen LogP contribution >= 0.6 is 0 Å². The third-order valence-corrected chi connectivity index (χ3v) is 4.98. The van der Waals surface area contributed by atoms with Crippen LogP contribution in [0.25, 0.3) is 0 Å². The van der Waals surface area contributed by atoms with E-state index in [0.717, 1.165) is 43.5 Å². The summed E-state index contributed by atoms with van der Waals surface area (Å²) in [5, 5.41) is 0. The fraction of sp³-hybridized carbons (Fsp3) is 0.545. The summed E-state index contributed by atoms with van der Waals surface area (Å²) in [6, 6.07) is 13.2.